The van der Waals surface area contributed by atoms with E-state index in [1.807, 2.05) is 67.6 Å². The van der Waals surface area contributed by atoms with E-state index in [1.165, 1.54) is 4.68 Å². The van der Waals surface area contributed by atoms with Gasteiger partial charge >= 0.3 is 6.01 Å². The van der Waals surface area contributed by atoms with Crippen molar-refractivity contribution in [2.24, 2.45) is 0 Å². The predicted octanol–water partition coefficient (Wildman–Crippen LogP) is 4.96. The second-order valence-corrected chi connectivity index (χ2v) is 8.55. The summed E-state index contributed by atoms with van der Waals surface area (Å²) in [5, 5.41) is 16.0. The summed E-state index contributed by atoms with van der Waals surface area (Å²) in [5.74, 6) is 1.14. The van der Waals surface area contributed by atoms with Crippen LogP contribution in [-0.2, 0) is 11.3 Å². The van der Waals surface area contributed by atoms with E-state index in [0.717, 1.165) is 54.0 Å². The molecule has 186 valence electrons. The van der Waals surface area contributed by atoms with Gasteiger partial charge in [-0.1, -0.05) is 41.0 Å². The zero-order chi connectivity index (χ0) is 24.7. The van der Waals surface area contributed by atoms with E-state index in [4.69, 9.17) is 25.8 Å². The lowest BCUT2D eigenvalue weighted by molar-refractivity contribution is 0.122. The lowest BCUT2D eigenvalue weighted by Gasteiger charge is -2.29. The van der Waals surface area contributed by atoms with Gasteiger partial charge in [-0.3, -0.25) is 0 Å². The molecular weight excluding hydrogens is 480 g/mol. The average molecular weight is 507 g/mol. The summed E-state index contributed by atoms with van der Waals surface area (Å²) in [5.41, 5.74) is 3.80. The van der Waals surface area contributed by atoms with Gasteiger partial charge in [0.1, 0.15) is 0 Å². The Morgan fingerprint density at radius 3 is 2.61 bits per heavy atom. The Balaban J connectivity index is 1.28. The molecule has 0 atom stereocenters. The van der Waals surface area contributed by atoms with Crippen LogP contribution in [-0.4, -0.2) is 53.1 Å². The maximum atomic E-state index is 6.58. The Morgan fingerprint density at radius 2 is 1.83 bits per heavy atom. The van der Waals surface area contributed by atoms with Crippen molar-refractivity contribution >= 4 is 23.0 Å². The van der Waals surface area contributed by atoms with Crippen LogP contribution in [0.5, 0.6) is 17.5 Å². The standard InChI is InChI=1S/C26H27ClN6O3/c1-2-35-25-16-19(18-28-20-9-10-23(22(27)17-20)32-12-14-34-15-13-32)8-11-24(25)36-26-29-30-31-33(26)21-6-4-3-5-7-21/h3-11,16-17,28H,2,12-15,18H2,1H3. The van der Waals surface area contributed by atoms with Gasteiger partial charge in [-0.05, 0) is 65.4 Å². The van der Waals surface area contributed by atoms with E-state index < -0.39 is 0 Å². The number of tetrazole rings is 1. The van der Waals surface area contributed by atoms with Crippen LogP contribution in [0.15, 0.2) is 66.7 Å². The minimum absolute atomic E-state index is 0.253. The third-order valence-electron chi connectivity index (χ3n) is 5.75. The highest BCUT2D eigenvalue weighted by Crippen LogP contribution is 2.33. The minimum Gasteiger partial charge on any atom is -0.490 e. The number of nitrogens with zero attached hydrogens (tertiary/aromatic N) is 5. The van der Waals surface area contributed by atoms with Crippen molar-refractivity contribution in [3.05, 3.63) is 77.3 Å². The molecular formula is C26H27ClN6O3. The van der Waals surface area contributed by atoms with Crippen LogP contribution in [0.25, 0.3) is 5.69 Å². The maximum absolute atomic E-state index is 6.58. The van der Waals surface area contributed by atoms with Crippen molar-refractivity contribution in [2.45, 2.75) is 13.5 Å². The molecule has 0 unspecified atom stereocenters. The van der Waals surface area contributed by atoms with Gasteiger partial charge in [-0.25, -0.2) is 0 Å². The van der Waals surface area contributed by atoms with E-state index in [2.05, 4.69) is 31.8 Å². The molecule has 2 heterocycles. The Hall–Kier alpha value is -3.82. The van der Waals surface area contributed by atoms with E-state index >= 15 is 0 Å². The van der Waals surface area contributed by atoms with Gasteiger partial charge in [0.2, 0.25) is 0 Å². The van der Waals surface area contributed by atoms with E-state index in [9.17, 15) is 0 Å². The fraction of sp³-hybridized carbons (Fsp3) is 0.269. The second kappa shape index (κ2) is 11.3. The van der Waals surface area contributed by atoms with Crippen LogP contribution in [0, 0.1) is 0 Å². The SMILES string of the molecule is CCOc1cc(CNc2ccc(N3CCOCC3)c(Cl)c2)ccc1Oc1nnnn1-c1ccccc1. The summed E-state index contributed by atoms with van der Waals surface area (Å²) in [6.45, 7) is 6.15. The Kier molecular flexibility index (Phi) is 7.49. The van der Waals surface area contributed by atoms with Crippen molar-refractivity contribution in [1.29, 1.82) is 0 Å². The highest BCUT2D eigenvalue weighted by molar-refractivity contribution is 6.33. The normalized spacial score (nSPS) is 13.4. The molecule has 0 amide bonds. The zero-order valence-corrected chi connectivity index (χ0v) is 20.7. The predicted molar refractivity (Wildman–Crippen MR) is 139 cm³/mol. The van der Waals surface area contributed by atoms with Crippen LogP contribution in [0.2, 0.25) is 5.02 Å². The monoisotopic (exact) mass is 506 g/mol. The molecule has 5 rings (SSSR count). The molecule has 0 radical (unpaired) electrons. The number of morpholine rings is 1. The van der Waals surface area contributed by atoms with Gasteiger partial charge in [0.15, 0.2) is 11.5 Å². The molecule has 9 nitrogen and oxygen atoms in total. The summed E-state index contributed by atoms with van der Waals surface area (Å²) in [7, 11) is 0. The van der Waals surface area contributed by atoms with Gasteiger partial charge in [-0.15, -0.1) is 0 Å². The highest BCUT2D eigenvalue weighted by atomic mass is 35.5. The molecule has 1 aliphatic heterocycles. The number of aromatic nitrogens is 4. The van der Waals surface area contributed by atoms with Crippen LogP contribution in [0.4, 0.5) is 11.4 Å². The van der Waals surface area contributed by atoms with Crippen LogP contribution >= 0.6 is 11.6 Å². The second-order valence-electron chi connectivity index (χ2n) is 8.14. The first-order valence-corrected chi connectivity index (χ1v) is 12.2. The first kappa shape index (κ1) is 23.9. The molecule has 4 aromatic rings. The number of para-hydroxylation sites is 1. The summed E-state index contributed by atoms with van der Waals surface area (Å²) in [6, 6.07) is 21.7. The lowest BCUT2D eigenvalue weighted by atomic mass is 10.2. The van der Waals surface area contributed by atoms with Gasteiger partial charge < -0.3 is 24.4 Å². The fourth-order valence-corrected chi connectivity index (χ4v) is 4.27. The first-order chi connectivity index (χ1) is 17.7. The number of anilines is 2. The van der Waals surface area contributed by atoms with Crippen molar-refractivity contribution in [2.75, 3.05) is 43.1 Å². The van der Waals surface area contributed by atoms with Crippen molar-refractivity contribution in [1.82, 2.24) is 20.2 Å². The molecule has 1 saturated heterocycles. The van der Waals surface area contributed by atoms with Crippen molar-refractivity contribution < 1.29 is 14.2 Å². The summed E-state index contributed by atoms with van der Waals surface area (Å²) < 4.78 is 18.9. The molecule has 36 heavy (non-hydrogen) atoms. The van der Waals surface area contributed by atoms with Gasteiger partial charge in [-0.2, -0.15) is 4.68 Å². The van der Waals surface area contributed by atoms with E-state index in [0.29, 0.717) is 24.7 Å². The van der Waals surface area contributed by atoms with Crippen LogP contribution in [0.1, 0.15) is 12.5 Å². The lowest BCUT2D eigenvalue weighted by Crippen LogP contribution is -2.36. The number of nitrogens with one attached hydrogen (secondary N) is 1. The number of rotatable bonds is 9. The molecule has 3 aromatic carbocycles. The molecule has 1 N–H and O–H groups in total. The van der Waals surface area contributed by atoms with Gasteiger partial charge in [0.25, 0.3) is 0 Å². The molecule has 1 fully saturated rings. The van der Waals surface area contributed by atoms with Gasteiger partial charge in [0, 0.05) is 25.3 Å². The van der Waals surface area contributed by atoms with E-state index in [1.54, 1.807) is 0 Å². The molecule has 10 heteroatoms. The molecule has 0 saturated carbocycles. The average Bonchev–Trinajstić information content (AvgIpc) is 3.38. The number of halogens is 1. The Labute approximate surface area is 214 Å². The third-order valence-corrected chi connectivity index (χ3v) is 6.05. The number of hydrogen-bond donors (Lipinski definition) is 1. The van der Waals surface area contributed by atoms with Crippen molar-refractivity contribution in [3.63, 3.8) is 0 Å². The summed E-state index contributed by atoms with van der Waals surface area (Å²) in [4.78, 5) is 2.25. The van der Waals surface area contributed by atoms with Gasteiger partial charge in [0.05, 0.1) is 36.2 Å². The number of hydrogen-bond acceptors (Lipinski definition) is 8. The molecule has 0 aliphatic carbocycles. The molecule has 1 aliphatic rings. The summed E-state index contributed by atoms with van der Waals surface area (Å²) in [6.07, 6.45) is 0. The van der Waals surface area contributed by atoms with Crippen LogP contribution in [0.3, 0.4) is 0 Å². The number of benzene rings is 3. The van der Waals surface area contributed by atoms with E-state index in [-0.39, 0.29) is 6.01 Å². The molecule has 0 spiro atoms. The third kappa shape index (κ3) is 5.53. The van der Waals surface area contributed by atoms with Crippen LogP contribution < -0.4 is 19.7 Å². The Bertz CT molecular complexity index is 1290. The zero-order valence-electron chi connectivity index (χ0n) is 19.9. The fourth-order valence-electron chi connectivity index (χ4n) is 3.97. The first-order valence-electron chi connectivity index (χ1n) is 11.8. The smallest absolute Gasteiger partial charge is 0.346 e. The molecule has 1 aromatic heterocycles. The topological polar surface area (TPSA) is 86.6 Å². The Morgan fingerprint density at radius 1 is 1.00 bits per heavy atom. The van der Waals surface area contributed by atoms with Crippen molar-refractivity contribution in [3.8, 4) is 23.2 Å². The minimum atomic E-state index is 0.253. The quantitative estimate of drug-likeness (QED) is 0.341. The highest BCUT2D eigenvalue weighted by Gasteiger charge is 2.16. The largest absolute Gasteiger partial charge is 0.490 e. The maximum Gasteiger partial charge on any atom is 0.346 e. The summed E-state index contributed by atoms with van der Waals surface area (Å²) >= 11 is 6.58. The molecule has 0 bridgehead atoms. The number of ether oxygens (including phenoxy) is 3.